The van der Waals surface area contributed by atoms with Gasteiger partial charge in [-0.15, -0.1) is 0 Å². The lowest BCUT2D eigenvalue weighted by Crippen LogP contribution is -2.04. The van der Waals surface area contributed by atoms with E-state index in [-0.39, 0.29) is 5.82 Å². The van der Waals surface area contributed by atoms with Gasteiger partial charge in [-0.25, -0.2) is 4.39 Å². The van der Waals surface area contributed by atoms with Crippen LogP contribution in [0.3, 0.4) is 0 Å². The van der Waals surface area contributed by atoms with E-state index >= 15 is 0 Å². The molecule has 3 nitrogen and oxygen atoms in total. The lowest BCUT2D eigenvalue weighted by Gasteiger charge is -2.06. The van der Waals surface area contributed by atoms with Crippen molar-refractivity contribution in [2.24, 2.45) is 11.7 Å². The number of aromatic nitrogens is 2. The topological polar surface area (TPSA) is 43.8 Å². The molecule has 0 aliphatic carbocycles. The van der Waals surface area contributed by atoms with Gasteiger partial charge in [0.2, 0.25) is 0 Å². The summed E-state index contributed by atoms with van der Waals surface area (Å²) < 4.78 is 15.1. The van der Waals surface area contributed by atoms with Crippen LogP contribution in [0.15, 0.2) is 30.6 Å². The van der Waals surface area contributed by atoms with Crippen molar-refractivity contribution in [3.05, 3.63) is 42.0 Å². The molecule has 2 aromatic rings. The molecule has 0 saturated heterocycles. The lowest BCUT2D eigenvalue weighted by molar-refractivity contribution is 0.483. The van der Waals surface area contributed by atoms with E-state index in [1.165, 1.54) is 12.1 Å². The lowest BCUT2D eigenvalue weighted by atomic mass is 10.0. The van der Waals surface area contributed by atoms with Gasteiger partial charge in [-0.2, -0.15) is 5.10 Å². The molecule has 1 heterocycles. The molecule has 0 saturated carbocycles. The Kier molecular flexibility index (Phi) is 3.77. The molecule has 4 heteroatoms. The molecule has 0 bridgehead atoms. The van der Waals surface area contributed by atoms with Gasteiger partial charge in [0.15, 0.2) is 0 Å². The van der Waals surface area contributed by atoms with Crippen LogP contribution in [0.5, 0.6) is 0 Å². The molecule has 0 spiro atoms. The van der Waals surface area contributed by atoms with Crippen LogP contribution in [0.1, 0.15) is 19.4 Å². The Morgan fingerprint density at radius 2 is 2.17 bits per heavy atom. The van der Waals surface area contributed by atoms with E-state index in [4.69, 9.17) is 5.73 Å². The van der Waals surface area contributed by atoms with Gasteiger partial charge in [0.25, 0.3) is 0 Å². The SMILES string of the molecule is CC(C)Cn1cc(-c2ccc(F)cc2CN)cn1. The standard InChI is InChI=1S/C14H18FN3/c1-10(2)8-18-9-12(7-17-18)14-4-3-13(15)5-11(14)6-16/h3-5,7,9-10H,6,8,16H2,1-2H3. The number of nitrogens with two attached hydrogens (primary N) is 1. The molecule has 0 radical (unpaired) electrons. The molecular weight excluding hydrogens is 229 g/mol. The van der Waals surface area contributed by atoms with Gasteiger partial charge in [-0.1, -0.05) is 19.9 Å². The number of halogens is 1. The molecule has 96 valence electrons. The molecule has 18 heavy (non-hydrogen) atoms. The second-order valence-electron chi connectivity index (χ2n) is 4.85. The monoisotopic (exact) mass is 247 g/mol. The zero-order chi connectivity index (χ0) is 13.1. The summed E-state index contributed by atoms with van der Waals surface area (Å²) in [6.07, 6.45) is 3.78. The van der Waals surface area contributed by atoms with Crippen molar-refractivity contribution in [2.45, 2.75) is 26.9 Å². The van der Waals surface area contributed by atoms with Gasteiger partial charge < -0.3 is 5.73 Å². The van der Waals surface area contributed by atoms with E-state index in [1.54, 1.807) is 12.3 Å². The van der Waals surface area contributed by atoms with Gasteiger partial charge >= 0.3 is 0 Å². The predicted octanol–water partition coefficient (Wildman–Crippen LogP) is 2.80. The maximum atomic E-state index is 13.2. The summed E-state index contributed by atoms with van der Waals surface area (Å²) in [5.74, 6) is 0.286. The van der Waals surface area contributed by atoms with Crippen molar-refractivity contribution >= 4 is 0 Å². The Hall–Kier alpha value is -1.68. The van der Waals surface area contributed by atoms with Gasteiger partial charge in [-0.05, 0) is 29.2 Å². The van der Waals surface area contributed by atoms with E-state index in [0.29, 0.717) is 12.5 Å². The predicted molar refractivity (Wildman–Crippen MR) is 70.4 cm³/mol. The third-order valence-electron chi connectivity index (χ3n) is 2.78. The van der Waals surface area contributed by atoms with Gasteiger partial charge in [-0.3, -0.25) is 4.68 Å². The summed E-state index contributed by atoms with van der Waals surface area (Å²) in [5, 5.41) is 4.31. The first kappa shape index (κ1) is 12.8. The summed E-state index contributed by atoms with van der Waals surface area (Å²) in [6.45, 7) is 5.48. The minimum atomic E-state index is -0.256. The maximum absolute atomic E-state index is 13.2. The minimum Gasteiger partial charge on any atom is -0.326 e. The number of hydrogen-bond donors (Lipinski definition) is 1. The molecule has 1 aromatic heterocycles. The Balaban J connectivity index is 2.33. The summed E-state index contributed by atoms with van der Waals surface area (Å²) in [7, 11) is 0. The first-order chi connectivity index (χ1) is 8.60. The van der Waals surface area contributed by atoms with Crippen LogP contribution >= 0.6 is 0 Å². The summed E-state index contributed by atoms with van der Waals surface area (Å²) in [6, 6.07) is 4.69. The summed E-state index contributed by atoms with van der Waals surface area (Å²) in [5.41, 5.74) is 8.39. The van der Waals surface area contributed by atoms with Crippen LogP contribution in [0.2, 0.25) is 0 Å². The third-order valence-corrected chi connectivity index (χ3v) is 2.78. The maximum Gasteiger partial charge on any atom is 0.123 e. The number of benzene rings is 1. The average molecular weight is 247 g/mol. The van der Waals surface area contributed by atoms with Crippen LogP contribution in [0.25, 0.3) is 11.1 Å². The van der Waals surface area contributed by atoms with Crippen molar-refractivity contribution in [1.82, 2.24) is 9.78 Å². The smallest absolute Gasteiger partial charge is 0.123 e. The molecule has 0 aliphatic rings. The Morgan fingerprint density at radius 3 is 2.83 bits per heavy atom. The zero-order valence-electron chi connectivity index (χ0n) is 10.7. The van der Waals surface area contributed by atoms with Crippen LogP contribution in [-0.2, 0) is 13.1 Å². The van der Waals surface area contributed by atoms with Crippen molar-refractivity contribution in [3.8, 4) is 11.1 Å². The van der Waals surface area contributed by atoms with Crippen LogP contribution in [0.4, 0.5) is 4.39 Å². The first-order valence-electron chi connectivity index (χ1n) is 6.11. The fourth-order valence-corrected chi connectivity index (χ4v) is 1.99. The number of nitrogens with zero attached hydrogens (tertiary/aromatic N) is 2. The van der Waals surface area contributed by atoms with Crippen molar-refractivity contribution < 1.29 is 4.39 Å². The van der Waals surface area contributed by atoms with Crippen molar-refractivity contribution in [1.29, 1.82) is 0 Å². The highest BCUT2D eigenvalue weighted by Gasteiger charge is 2.08. The van der Waals surface area contributed by atoms with Gasteiger partial charge in [0.05, 0.1) is 6.20 Å². The molecule has 0 unspecified atom stereocenters. The minimum absolute atomic E-state index is 0.256. The first-order valence-corrected chi connectivity index (χ1v) is 6.11. The highest BCUT2D eigenvalue weighted by Crippen LogP contribution is 2.24. The normalized spacial score (nSPS) is 11.2. The van der Waals surface area contributed by atoms with Crippen molar-refractivity contribution in [2.75, 3.05) is 0 Å². The molecular formula is C14H18FN3. The molecule has 0 aliphatic heterocycles. The summed E-state index contributed by atoms with van der Waals surface area (Å²) >= 11 is 0. The number of rotatable bonds is 4. The third kappa shape index (κ3) is 2.76. The van der Waals surface area contributed by atoms with Gasteiger partial charge in [0.1, 0.15) is 5.82 Å². The average Bonchev–Trinajstić information content (AvgIpc) is 2.76. The second-order valence-corrected chi connectivity index (χ2v) is 4.85. The fraction of sp³-hybridized carbons (Fsp3) is 0.357. The second kappa shape index (κ2) is 5.31. The van der Waals surface area contributed by atoms with Crippen LogP contribution in [0, 0.1) is 11.7 Å². The quantitative estimate of drug-likeness (QED) is 0.902. The van der Waals surface area contributed by atoms with Crippen molar-refractivity contribution in [3.63, 3.8) is 0 Å². The Morgan fingerprint density at radius 1 is 1.39 bits per heavy atom. The molecule has 0 atom stereocenters. The molecule has 2 rings (SSSR count). The molecule has 0 amide bonds. The van der Waals surface area contributed by atoms with E-state index in [0.717, 1.165) is 23.2 Å². The fourth-order valence-electron chi connectivity index (χ4n) is 1.99. The molecule has 1 aromatic carbocycles. The van der Waals surface area contributed by atoms with Crippen LogP contribution < -0.4 is 5.73 Å². The van der Waals surface area contributed by atoms with Gasteiger partial charge in [0, 0.05) is 24.8 Å². The van der Waals surface area contributed by atoms with E-state index in [9.17, 15) is 4.39 Å². The molecule has 0 fully saturated rings. The largest absolute Gasteiger partial charge is 0.326 e. The highest BCUT2D eigenvalue weighted by molar-refractivity contribution is 5.66. The number of hydrogen-bond acceptors (Lipinski definition) is 2. The Labute approximate surface area is 106 Å². The van der Waals surface area contributed by atoms with E-state index < -0.39 is 0 Å². The molecule has 2 N–H and O–H groups in total. The Bertz CT molecular complexity index is 532. The summed E-state index contributed by atoms with van der Waals surface area (Å²) in [4.78, 5) is 0. The highest BCUT2D eigenvalue weighted by atomic mass is 19.1. The zero-order valence-corrected chi connectivity index (χ0v) is 10.7. The van der Waals surface area contributed by atoms with Crippen LogP contribution in [-0.4, -0.2) is 9.78 Å². The van der Waals surface area contributed by atoms with E-state index in [2.05, 4.69) is 18.9 Å². The van der Waals surface area contributed by atoms with E-state index in [1.807, 2.05) is 10.9 Å².